The Balaban J connectivity index is 1.28. The van der Waals surface area contributed by atoms with Crippen LogP contribution in [0, 0.1) is 18.3 Å². The number of ether oxygens (including phenoxy) is 3. The number of hydrogen-bond donors (Lipinski definition) is 1. The van der Waals surface area contributed by atoms with E-state index in [1.807, 2.05) is 18.2 Å². The maximum Gasteiger partial charge on any atom is 0.283 e. The number of amides is 1. The van der Waals surface area contributed by atoms with Crippen molar-refractivity contribution >= 4 is 55.7 Å². The van der Waals surface area contributed by atoms with Gasteiger partial charge in [-0.3, -0.25) is 10.2 Å². The van der Waals surface area contributed by atoms with Gasteiger partial charge in [0.1, 0.15) is 24.0 Å². The highest BCUT2D eigenvalue weighted by Gasteiger charge is 2.38. The summed E-state index contributed by atoms with van der Waals surface area (Å²) < 4.78 is 18.2. The lowest BCUT2D eigenvalue weighted by Crippen LogP contribution is -2.35. The normalized spacial score (nSPS) is 18.5. The Morgan fingerprint density at radius 2 is 1.90 bits per heavy atom. The number of methoxy groups -OCH3 is 1. The van der Waals surface area contributed by atoms with Crippen LogP contribution in [0.4, 0.5) is 0 Å². The van der Waals surface area contributed by atoms with Gasteiger partial charge >= 0.3 is 0 Å². The van der Waals surface area contributed by atoms with Crippen molar-refractivity contribution in [1.82, 2.24) is 5.01 Å². The molecule has 0 saturated heterocycles. The van der Waals surface area contributed by atoms with Gasteiger partial charge < -0.3 is 14.2 Å². The maximum atomic E-state index is 12.9. The molecule has 0 radical (unpaired) electrons. The van der Waals surface area contributed by atoms with Gasteiger partial charge in [-0.15, -0.1) is 0 Å². The molecule has 2 heterocycles. The molecular formula is C30H33BrN4O4S. The first-order chi connectivity index (χ1) is 19.4. The zero-order chi connectivity index (χ0) is 28.2. The van der Waals surface area contributed by atoms with Crippen molar-refractivity contribution < 1.29 is 19.0 Å². The number of hydrazone groups is 1. The smallest absolute Gasteiger partial charge is 0.283 e. The summed E-state index contributed by atoms with van der Waals surface area (Å²) in [6.07, 6.45) is 8.42. The van der Waals surface area contributed by atoms with Crippen molar-refractivity contribution in [3.8, 4) is 17.2 Å². The van der Waals surface area contributed by atoms with Crippen molar-refractivity contribution in [3.63, 3.8) is 0 Å². The van der Waals surface area contributed by atoms with Crippen LogP contribution in [0.2, 0.25) is 0 Å². The summed E-state index contributed by atoms with van der Waals surface area (Å²) in [7, 11) is 1.56. The number of benzene rings is 2. The molecule has 0 spiro atoms. The lowest BCUT2D eigenvalue weighted by Gasteiger charge is -2.20. The van der Waals surface area contributed by atoms with E-state index in [2.05, 4.69) is 45.9 Å². The van der Waals surface area contributed by atoms with Gasteiger partial charge in [-0.1, -0.05) is 32.3 Å². The second-order valence-electron chi connectivity index (χ2n) is 10.0. The van der Waals surface area contributed by atoms with E-state index in [-0.39, 0.29) is 11.4 Å². The van der Waals surface area contributed by atoms with Gasteiger partial charge in [0.25, 0.3) is 5.91 Å². The molecule has 0 atom stereocenters. The van der Waals surface area contributed by atoms with Crippen LogP contribution in [-0.4, -0.2) is 47.3 Å². The fraction of sp³-hybridized carbons (Fsp3) is 0.400. The van der Waals surface area contributed by atoms with E-state index in [1.54, 1.807) is 19.3 Å². The number of fused-ring (bicyclic) bond motifs is 1. The highest BCUT2D eigenvalue weighted by molar-refractivity contribution is 9.10. The lowest BCUT2D eigenvalue weighted by molar-refractivity contribution is -0.114. The van der Waals surface area contributed by atoms with Gasteiger partial charge in [0.15, 0.2) is 17.3 Å². The molecule has 1 N–H and O–H groups in total. The number of hydrogen-bond acceptors (Lipinski definition) is 7. The van der Waals surface area contributed by atoms with Gasteiger partial charge in [-0.25, -0.2) is 0 Å². The van der Waals surface area contributed by atoms with Crippen LogP contribution in [0.3, 0.4) is 0 Å². The molecule has 3 aliphatic rings. The number of carbonyl (C=O) groups excluding carboxylic acids is 1. The number of aryl methyl sites for hydroxylation is 2. The highest BCUT2D eigenvalue weighted by atomic mass is 79.9. The number of aliphatic imine (C=N–C) groups is 1. The molecular weight excluding hydrogens is 592 g/mol. The number of carbonyl (C=O) groups is 1. The van der Waals surface area contributed by atoms with E-state index in [0.29, 0.717) is 45.8 Å². The van der Waals surface area contributed by atoms with Crippen LogP contribution in [0.1, 0.15) is 55.7 Å². The fourth-order valence-corrected chi connectivity index (χ4v) is 6.70. The Morgan fingerprint density at radius 3 is 2.65 bits per heavy atom. The molecule has 1 aliphatic carbocycles. The summed E-state index contributed by atoms with van der Waals surface area (Å²) in [6, 6.07) is 9.82. The lowest BCUT2D eigenvalue weighted by atomic mass is 9.90. The Morgan fingerprint density at radius 1 is 1.12 bits per heavy atom. The first-order valence-corrected chi connectivity index (χ1v) is 15.2. The third-order valence-electron chi connectivity index (χ3n) is 7.10. The predicted octanol–water partition coefficient (Wildman–Crippen LogP) is 6.99. The SMILES string of the molecule is CCc1cc(C)cc(OCCOc2c(Br)cc(/C=C3/C(=N)N4N=C(C5CCCCC5)SC4=NC3=O)cc2OC)c1. The third kappa shape index (κ3) is 6.28. The van der Waals surface area contributed by atoms with E-state index >= 15 is 0 Å². The monoisotopic (exact) mass is 624 g/mol. The molecule has 40 heavy (non-hydrogen) atoms. The van der Waals surface area contributed by atoms with Crippen molar-refractivity contribution in [2.45, 2.75) is 52.4 Å². The molecule has 2 aromatic rings. The molecule has 1 saturated carbocycles. The quantitative estimate of drug-likeness (QED) is 0.239. The van der Waals surface area contributed by atoms with Crippen LogP contribution >= 0.6 is 27.7 Å². The van der Waals surface area contributed by atoms with E-state index in [4.69, 9.17) is 19.6 Å². The summed E-state index contributed by atoms with van der Waals surface area (Å²) in [5, 5.41) is 16.3. The number of halogens is 1. The molecule has 210 valence electrons. The number of rotatable bonds is 9. The molecule has 1 fully saturated rings. The van der Waals surface area contributed by atoms with E-state index < -0.39 is 5.91 Å². The summed E-state index contributed by atoms with van der Waals surface area (Å²) in [4.78, 5) is 17.2. The standard InChI is InChI=1S/C30H33BrN4O4S/c1-4-19-12-18(2)13-22(14-19)38-10-11-39-26-24(31)16-20(17-25(26)37-3)15-23-27(32)35-30(33-28(23)36)40-29(34-35)21-8-6-5-7-9-21/h12-17,21,32H,4-11H2,1-3H3/b23-15-,32-27?. The van der Waals surface area contributed by atoms with Crippen LogP contribution in [0.5, 0.6) is 17.2 Å². The maximum absolute atomic E-state index is 12.9. The van der Waals surface area contributed by atoms with E-state index in [0.717, 1.165) is 35.6 Å². The van der Waals surface area contributed by atoms with Gasteiger partial charge in [0.2, 0.25) is 5.17 Å². The average Bonchev–Trinajstić information content (AvgIpc) is 3.38. The molecule has 8 nitrogen and oxygen atoms in total. The predicted molar refractivity (Wildman–Crippen MR) is 164 cm³/mol. The minimum Gasteiger partial charge on any atom is -0.493 e. The molecule has 0 bridgehead atoms. The fourth-order valence-electron chi connectivity index (χ4n) is 5.07. The second kappa shape index (κ2) is 12.6. The van der Waals surface area contributed by atoms with Crippen LogP contribution < -0.4 is 14.2 Å². The molecule has 0 unspecified atom stereocenters. The van der Waals surface area contributed by atoms with Crippen molar-refractivity contribution in [2.75, 3.05) is 20.3 Å². The molecule has 10 heteroatoms. The minimum atomic E-state index is -0.446. The van der Waals surface area contributed by atoms with Crippen LogP contribution in [0.25, 0.3) is 6.08 Å². The van der Waals surface area contributed by atoms with E-state index in [9.17, 15) is 4.79 Å². The summed E-state index contributed by atoms with van der Waals surface area (Å²) in [5.74, 6) is 1.83. The Hall–Kier alpha value is -3.11. The van der Waals surface area contributed by atoms with Gasteiger partial charge in [-0.2, -0.15) is 15.1 Å². The Bertz CT molecular complexity index is 1410. The summed E-state index contributed by atoms with van der Waals surface area (Å²) in [6.45, 7) is 4.87. The summed E-state index contributed by atoms with van der Waals surface area (Å²) in [5.41, 5.74) is 3.25. The topological polar surface area (TPSA) is 96.6 Å². The average molecular weight is 626 g/mol. The summed E-state index contributed by atoms with van der Waals surface area (Å²) >= 11 is 5.00. The van der Waals surface area contributed by atoms with Crippen molar-refractivity contribution in [2.24, 2.45) is 16.0 Å². The van der Waals surface area contributed by atoms with E-state index in [1.165, 1.54) is 41.6 Å². The van der Waals surface area contributed by atoms with Crippen molar-refractivity contribution in [1.29, 1.82) is 5.41 Å². The number of thioether (sulfide) groups is 1. The molecule has 2 aromatic carbocycles. The van der Waals surface area contributed by atoms with Gasteiger partial charge in [0, 0.05) is 5.92 Å². The molecule has 5 rings (SSSR count). The molecule has 1 amide bonds. The number of amidine groups is 2. The molecule has 2 aliphatic heterocycles. The zero-order valence-corrected chi connectivity index (χ0v) is 25.4. The zero-order valence-electron chi connectivity index (χ0n) is 23.0. The third-order valence-corrected chi connectivity index (χ3v) is 8.76. The highest BCUT2D eigenvalue weighted by Crippen LogP contribution is 2.39. The first-order valence-electron chi connectivity index (χ1n) is 13.6. The largest absolute Gasteiger partial charge is 0.493 e. The Kier molecular flexibility index (Phi) is 8.95. The molecule has 0 aromatic heterocycles. The first kappa shape index (κ1) is 28.4. The number of nitrogens with one attached hydrogen (secondary N) is 1. The number of nitrogens with zero attached hydrogens (tertiary/aromatic N) is 3. The Labute approximate surface area is 247 Å². The van der Waals surface area contributed by atoms with Gasteiger partial charge in [-0.05, 0) is 101 Å². The van der Waals surface area contributed by atoms with Crippen LogP contribution in [-0.2, 0) is 11.2 Å². The van der Waals surface area contributed by atoms with Crippen LogP contribution in [0.15, 0.2) is 50.5 Å². The second-order valence-corrected chi connectivity index (χ2v) is 11.9. The van der Waals surface area contributed by atoms with Gasteiger partial charge in [0.05, 0.1) is 17.2 Å². The van der Waals surface area contributed by atoms with Crippen molar-refractivity contribution in [3.05, 3.63) is 57.1 Å². The minimum absolute atomic E-state index is 0.0308.